The van der Waals surface area contributed by atoms with Crippen LogP contribution in [0.2, 0.25) is 0 Å². The van der Waals surface area contributed by atoms with E-state index in [1.807, 2.05) is 19.9 Å². The fourth-order valence-corrected chi connectivity index (χ4v) is 4.21. The lowest BCUT2D eigenvalue weighted by molar-refractivity contribution is 0.600. The molecule has 102 valence electrons. The van der Waals surface area contributed by atoms with E-state index in [1.54, 1.807) is 25.1 Å². The van der Waals surface area contributed by atoms with Gasteiger partial charge in [0.1, 0.15) is 0 Å². The molecule has 0 saturated heterocycles. The van der Waals surface area contributed by atoms with Gasteiger partial charge in [0, 0.05) is 4.88 Å². The molecule has 0 amide bonds. The number of rotatable bonds is 4. The Labute approximate surface area is 117 Å². The van der Waals surface area contributed by atoms with Gasteiger partial charge in [-0.15, -0.1) is 11.3 Å². The molecule has 0 aliphatic rings. The van der Waals surface area contributed by atoms with Crippen molar-refractivity contribution in [3.63, 3.8) is 0 Å². The van der Waals surface area contributed by atoms with E-state index in [4.69, 9.17) is 0 Å². The zero-order valence-corrected chi connectivity index (χ0v) is 12.7. The summed E-state index contributed by atoms with van der Waals surface area (Å²) in [4.78, 5) is 5.64. The number of aromatic nitrogens is 1. The topological polar surface area (TPSA) is 59.1 Å². The van der Waals surface area contributed by atoms with Crippen LogP contribution in [0.1, 0.15) is 23.1 Å². The van der Waals surface area contributed by atoms with E-state index in [-0.39, 0.29) is 0 Å². The van der Waals surface area contributed by atoms with Gasteiger partial charge in [0.05, 0.1) is 10.6 Å². The van der Waals surface area contributed by atoms with E-state index in [9.17, 15) is 8.42 Å². The van der Waals surface area contributed by atoms with Crippen LogP contribution in [0.3, 0.4) is 0 Å². The molecule has 1 aromatic carbocycles. The Balaban J connectivity index is 2.34. The molecule has 2 rings (SSSR count). The Hall–Kier alpha value is -1.40. The quantitative estimate of drug-likeness (QED) is 0.943. The molecule has 1 aromatic heterocycles. The molecule has 0 aliphatic carbocycles. The van der Waals surface area contributed by atoms with Crippen LogP contribution < -0.4 is 4.72 Å². The van der Waals surface area contributed by atoms with Crippen LogP contribution >= 0.6 is 11.3 Å². The van der Waals surface area contributed by atoms with Crippen LogP contribution in [0.15, 0.2) is 29.2 Å². The van der Waals surface area contributed by atoms with Gasteiger partial charge >= 0.3 is 0 Å². The minimum absolute atomic E-state index is 0.293. The number of sulfonamides is 1. The molecule has 0 bridgehead atoms. The Kier molecular flexibility index (Phi) is 3.91. The van der Waals surface area contributed by atoms with Crippen molar-refractivity contribution in [2.75, 3.05) is 4.72 Å². The lowest BCUT2D eigenvalue weighted by Gasteiger charge is -2.07. The van der Waals surface area contributed by atoms with E-state index >= 15 is 0 Å². The number of hydrogen-bond acceptors (Lipinski definition) is 4. The third-order valence-electron chi connectivity index (χ3n) is 2.83. The zero-order chi connectivity index (χ0) is 14.0. The van der Waals surface area contributed by atoms with Crippen molar-refractivity contribution in [3.8, 4) is 0 Å². The van der Waals surface area contributed by atoms with Crippen LogP contribution in [-0.2, 0) is 16.4 Å². The highest BCUT2D eigenvalue weighted by Gasteiger charge is 2.18. The van der Waals surface area contributed by atoms with Crippen LogP contribution in [0.25, 0.3) is 0 Å². The van der Waals surface area contributed by atoms with Gasteiger partial charge in [0.25, 0.3) is 10.0 Å². The average Bonchev–Trinajstić information content (AvgIpc) is 2.68. The van der Waals surface area contributed by atoms with E-state index in [0.717, 1.165) is 22.6 Å². The SMILES string of the molecule is CCc1nc(NS(=O)(=O)c2ccccc2C)sc1C. The van der Waals surface area contributed by atoms with Crippen molar-refractivity contribution in [1.29, 1.82) is 0 Å². The predicted octanol–water partition coefficient (Wildman–Crippen LogP) is 3.12. The minimum atomic E-state index is -3.56. The second kappa shape index (κ2) is 5.30. The van der Waals surface area contributed by atoms with Crippen LogP contribution in [0, 0.1) is 13.8 Å². The normalized spacial score (nSPS) is 11.5. The molecule has 0 spiro atoms. The monoisotopic (exact) mass is 296 g/mol. The van der Waals surface area contributed by atoms with Gasteiger partial charge in [-0.1, -0.05) is 25.1 Å². The molecule has 0 atom stereocenters. The molecule has 2 aromatic rings. The Bertz CT molecular complexity index is 690. The lowest BCUT2D eigenvalue weighted by Crippen LogP contribution is -2.14. The summed E-state index contributed by atoms with van der Waals surface area (Å²) in [6.45, 7) is 5.73. The van der Waals surface area contributed by atoms with Gasteiger partial charge in [-0.25, -0.2) is 13.4 Å². The molecule has 0 saturated carbocycles. The number of aryl methyl sites for hydroxylation is 3. The number of benzene rings is 1. The predicted molar refractivity (Wildman–Crippen MR) is 78.2 cm³/mol. The van der Waals surface area contributed by atoms with Gasteiger partial charge in [-0.05, 0) is 31.9 Å². The maximum Gasteiger partial charge on any atom is 0.263 e. The van der Waals surface area contributed by atoms with Crippen molar-refractivity contribution < 1.29 is 8.42 Å². The van der Waals surface area contributed by atoms with E-state index in [1.165, 1.54) is 11.3 Å². The van der Waals surface area contributed by atoms with Crippen molar-refractivity contribution in [2.45, 2.75) is 32.1 Å². The highest BCUT2D eigenvalue weighted by molar-refractivity contribution is 7.93. The Morgan fingerprint density at radius 1 is 1.26 bits per heavy atom. The van der Waals surface area contributed by atoms with Gasteiger partial charge < -0.3 is 0 Å². The van der Waals surface area contributed by atoms with Crippen molar-refractivity contribution in [3.05, 3.63) is 40.4 Å². The average molecular weight is 296 g/mol. The fourth-order valence-electron chi connectivity index (χ4n) is 1.83. The molecule has 0 aliphatic heterocycles. The van der Waals surface area contributed by atoms with Crippen LogP contribution in [0.4, 0.5) is 5.13 Å². The van der Waals surface area contributed by atoms with Crippen molar-refractivity contribution >= 4 is 26.5 Å². The molecular formula is C13H16N2O2S2. The van der Waals surface area contributed by atoms with Gasteiger partial charge in [0.2, 0.25) is 0 Å². The van der Waals surface area contributed by atoms with Gasteiger partial charge in [-0.3, -0.25) is 4.72 Å². The van der Waals surface area contributed by atoms with E-state index in [0.29, 0.717) is 10.0 Å². The van der Waals surface area contributed by atoms with E-state index < -0.39 is 10.0 Å². The maximum absolute atomic E-state index is 12.3. The largest absolute Gasteiger partial charge is 0.263 e. The summed E-state index contributed by atoms with van der Waals surface area (Å²) in [5, 5.41) is 0.428. The number of anilines is 1. The van der Waals surface area contributed by atoms with Gasteiger partial charge in [0.15, 0.2) is 5.13 Å². The third-order valence-corrected chi connectivity index (χ3v) is 5.39. The summed E-state index contributed by atoms with van der Waals surface area (Å²) in [6, 6.07) is 6.90. The maximum atomic E-state index is 12.3. The lowest BCUT2D eigenvalue weighted by atomic mass is 10.2. The number of thiazole rings is 1. The highest BCUT2D eigenvalue weighted by Crippen LogP contribution is 2.25. The summed E-state index contributed by atoms with van der Waals surface area (Å²) in [6.07, 6.45) is 0.800. The summed E-state index contributed by atoms with van der Waals surface area (Å²) in [5.74, 6) is 0. The summed E-state index contributed by atoms with van der Waals surface area (Å²) < 4.78 is 27.1. The first-order valence-corrected chi connectivity index (χ1v) is 8.28. The smallest absolute Gasteiger partial charge is 0.255 e. The first-order valence-electron chi connectivity index (χ1n) is 5.99. The summed E-state index contributed by atoms with van der Waals surface area (Å²) in [7, 11) is -3.56. The van der Waals surface area contributed by atoms with Gasteiger partial charge in [-0.2, -0.15) is 0 Å². The zero-order valence-electron chi connectivity index (χ0n) is 11.1. The first-order chi connectivity index (χ1) is 8.94. The number of nitrogens with zero attached hydrogens (tertiary/aromatic N) is 1. The summed E-state index contributed by atoms with van der Waals surface area (Å²) >= 11 is 1.36. The number of nitrogens with one attached hydrogen (secondary N) is 1. The Morgan fingerprint density at radius 3 is 2.53 bits per heavy atom. The Morgan fingerprint density at radius 2 is 1.95 bits per heavy atom. The first kappa shape index (κ1) is 14.0. The molecule has 0 radical (unpaired) electrons. The molecule has 0 unspecified atom stereocenters. The molecule has 4 nitrogen and oxygen atoms in total. The molecule has 19 heavy (non-hydrogen) atoms. The summed E-state index contributed by atoms with van der Waals surface area (Å²) in [5.41, 5.74) is 1.66. The second-order valence-corrected chi connectivity index (χ2v) is 7.10. The second-order valence-electron chi connectivity index (χ2n) is 4.25. The molecule has 1 N–H and O–H groups in total. The molecule has 1 heterocycles. The van der Waals surface area contributed by atoms with Crippen molar-refractivity contribution in [2.24, 2.45) is 0 Å². The molecule has 0 fully saturated rings. The molecular weight excluding hydrogens is 280 g/mol. The van der Waals surface area contributed by atoms with E-state index in [2.05, 4.69) is 9.71 Å². The fraction of sp³-hybridized carbons (Fsp3) is 0.308. The highest BCUT2D eigenvalue weighted by atomic mass is 32.2. The standard InChI is InChI=1S/C13H16N2O2S2/c1-4-11-10(3)18-13(14-11)15-19(16,17)12-8-6-5-7-9(12)2/h5-8H,4H2,1-3H3,(H,14,15). The van der Waals surface area contributed by atoms with Crippen LogP contribution in [0.5, 0.6) is 0 Å². The minimum Gasteiger partial charge on any atom is -0.255 e. The van der Waals surface area contributed by atoms with Crippen LogP contribution in [-0.4, -0.2) is 13.4 Å². The van der Waals surface area contributed by atoms with Crippen molar-refractivity contribution in [1.82, 2.24) is 4.98 Å². The molecule has 6 heteroatoms. The number of hydrogen-bond donors (Lipinski definition) is 1. The third kappa shape index (κ3) is 2.96.